The third-order valence-corrected chi connectivity index (χ3v) is 8.77. The summed E-state index contributed by atoms with van der Waals surface area (Å²) in [7, 11) is -3.52. The zero-order valence-electron chi connectivity index (χ0n) is 16.2. The van der Waals surface area contributed by atoms with Gasteiger partial charge in [-0.2, -0.15) is 0 Å². The molecule has 2 aromatic carbocycles. The van der Waals surface area contributed by atoms with Crippen LogP contribution in [0.3, 0.4) is 0 Å². The second-order valence-corrected chi connectivity index (χ2v) is 10.8. The fraction of sp³-hybridized carbons (Fsp3) is 0.190. The van der Waals surface area contributed by atoms with E-state index in [4.69, 9.17) is 14.6 Å². The molecule has 1 atom stereocenters. The number of carboxylic acid groups (broad SMARTS) is 1. The number of sulfonamides is 1. The highest BCUT2D eigenvalue weighted by Crippen LogP contribution is 2.45. The predicted molar refractivity (Wildman–Crippen MR) is 120 cm³/mol. The first kappa shape index (κ1) is 21.7. The van der Waals surface area contributed by atoms with Crippen LogP contribution in [0.2, 0.25) is 0 Å². The van der Waals surface area contributed by atoms with Crippen molar-refractivity contribution in [3.8, 4) is 11.5 Å². The molecule has 0 amide bonds. The zero-order valence-corrected chi connectivity index (χ0v) is 18.6. The second kappa shape index (κ2) is 9.31. The highest BCUT2D eigenvalue weighted by Gasteiger charge is 2.26. The summed E-state index contributed by atoms with van der Waals surface area (Å²) in [6.07, 6.45) is -1.39. The number of carbonyl (C=O) groups is 1. The van der Waals surface area contributed by atoms with Crippen LogP contribution in [0.15, 0.2) is 64.2 Å². The van der Waals surface area contributed by atoms with Gasteiger partial charge in [0, 0.05) is 17.9 Å². The van der Waals surface area contributed by atoms with Gasteiger partial charge in [-0.15, -0.1) is 23.1 Å². The van der Waals surface area contributed by atoms with Crippen LogP contribution in [0.5, 0.6) is 11.5 Å². The first-order valence-electron chi connectivity index (χ1n) is 9.34. The number of hydrogen-bond acceptors (Lipinski definition) is 7. The highest BCUT2D eigenvalue weighted by molar-refractivity contribution is 7.99. The molecule has 4 rings (SSSR count). The van der Waals surface area contributed by atoms with Gasteiger partial charge in [0.1, 0.15) is 22.3 Å². The smallest absolute Gasteiger partial charge is 0.489 e. The number of fused-ring (bicyclic) bond motifs is 2. The third-order valence-electron chi connectivity index (χ3n) is 4.63. The van der Waals surface area contributed by atoms with Crippen LogP contribution in [-0.2, 0) is 16.6 Å². The fourth-order valence-corrected chi connectivity index (χ4v) is 6.72. The van der Waals surface area contributed by atoms with Crippen molar-refractivity contribution in [2.75, 3.05) is 12.3 Å². The summed E-state index contributed by atoms with van der Waals surface area (Å²) in [6, 6.07) is 16.1. The van der Waals surface area contributed by atoms with Gasteiger partial charge in [0.15, 0.2) is 0 Å². The quantitative estimate of drug-likeness (QED) is 0.293. The molecule has 1 aliphatic heterocycles. The molecule has 31 heavy (non-hydrogen) atoms. The molecular formula is C21H19NO6S3. The molecule has 3 aromatic rings. The van der Waals surface area contributed by atoms with Gasteiger partial charge in [-0.05, 0) is 40.8 Å². The molecule has 0 saturated heterocycles. The monoisotopic (exact) mass is 477 g/mol. The Balaban J connectivity index is 1.56. The van der Waals surface area contributed by atoms with Crippen LogP contribution >= 0.6 is 23.1 Å². The number of rotatable bonds is 7. The Bertz CT molecular complexity index is 1180. The lowest BCUT2D eigenvalue weighted by Crippen LogP contribution is -2.25. The Kier molecular flexibility index (Phi) is 6.51. The largest absolute Gasteiger partial charge is 0.511 e. The summed E-state index contributed by atoms with van der Waals surface area (Å²) in [4.78, 5) is 11.0. The highest BCUT2D eigenvalue weighted by atomic mass is 32.2. The predicted octanol–water partition coefficient (Wildman–Crippen LogP) is 4.50. The SMILES string of the molecule is O=C(O)Oc1ccc2c(c1)C(SCCNS(=O)(=O)c1cccs1)c1ccccc1CO2. The second-order valence-electron chi connectivity index (χ2n) is 6.64. The normalized spacial score (nSPS) is 15.3. The van der Waals surface area contributed by atoms with E-state index in [1.807, 2.05) is 24.3 Å². The van der Waals surface area contributed by atoms with Gasteiger partial charge in [0.2, 0.25) is 10.0 Å². The van der Waals surface area contributed by atoms with Gasteiger partial charge in [-0.25, -0.2) is 17.9 Å². The van der Waals surface area contributed by atoms with Crippen LogP contribution in [0.1, 0.15) is 21.9 Å². The van der Waals surface area contributed by atoms with Crippen molar-refractivity contribution < 1.29 is 27.8 Å². The number of hydrogen-bond donors (Lipinski definition) is 2. The lowest BCUT2D eigenvalue weighted by molar-refractivity contribution is 0.144. The minimum absolute atomic E-state index is 0.169. The summed E-state index contributed by atoms with van der Waals surface area (Å²) in [5.74, 6) is 1.36. The van der Waals surface area contributed by atoms with Crippen molar-refractivity contribution in [3.05, 3.63) is 76.7 Å². The molecule has 0 aliphatic carbocycles. The molecule has 0 bridgehead atoms. The average molecular weight is 478 g/mol. The van der Waals surface area contributed by atoms with Gasteiger partial charge in [-0.3, -0.25) is 0 Å². The average Bonchev–Trinajstić information content (AvgIpc) is 3.24. The van der Waals surface area contributed by atoms with E-state index in [9.17, 15) is 13.2 Å². The molecular weight excluding hydrogens is 458 g/mol. The van der Waals surface area contributed by atoms with E-state index in [-0.39, 0.29) is 21.8 Å². The van der Waals surface area contributed by atoms with Crippen LogP contribution in [0.25, 0.3) is 0 Å². The number of nitrogens with one attached hydrogen (secondary N) is 1. The summed E-state index contributed by atoms with van der Waals surface area (Å²) in [5, 5.41) is 10.5. The van der Waals surface area contributed by atoms with Gasteiger partial charge in [0.25, 0.3) is 0 Å². The third kappa shape index (κ3) is 5.04. The van der Waals surface area contributed by atoms with E-state index in [0.29, 0.717) is 18.1 Å². The van der Waals surface area contributed by atoms with Crippen molar-refractivity contribution in [1.82, 2.24) is 4.72 Å². The molecule has 1 unspecified atom stereocenters. The summed E-state index contributed by atoms with van der Waals surface area (Å²) in [5.41, 5.74) is 2.85. The summed E-state index contributed by atoms with van der Waals surface area (Å²) >= 11 is 2.73. The molecule has 1 aromatic heterocycles. The van der Waals surface area contributed by atoms with Gasteiger partial charge in [-0.1, -0.05) is 30.3 Å². The molecule has 0 fully saturated rings. The fourth-order valence-electron chi connectivity index (χ4n) is 3.29. The maximum absolute atomic E-state index is 12.3. The lowest BCUT2D eigenvalue weighted by Gasteiger charge is -2.19. The van der Waals surface area contributed by atoms with Crippen molar-refractivity contribution >= 4 is 39.3 Å². The first-order chi connectivity index (χ1) is 14.9. The molecule has 2 heterocycles. The molecule has 7 nitrogen and oxygen atoms in total. The maximum Gasteiger partial charge on any atom is 0.511 e. The molecule has 10 heteroatoms. The minimum atomic E-state index is -3.52. The van der Waals surface area contributed by atoms with E-state index < -0.39 is 16.2 Å². The van der Waals surface area contributed by atoms with E-state index in [0.717, 1.165) is 16.7 Å². The standard InChI is InChI=1S/C21H19NO6S3/c23-21(24)28-15-7-8-18-17(12-15)20(16-5-2-1-4-14(16)13-27-18)30-11-9-22-31(25,26)19-6-3-10-29-19/h1-8,10,12,20,22H,9,11,13H2,(H,23,24). The number of ether oxygens (including phenoxy) is 2. The molecule has 162 valence electrons. The Morgan fingerprint density at radius 2 is 2.03 bits per heavy atom. The Labute approximate surface area is 188 Å². The molecule has 2 N–H and O–H groups in total. The van der Waals surface area contributed by atoms with Crippen molar-refractivity contribution in [3.63, 3.8) is 0 Å². The van der Waals surface area contributed by atoms with Crippen LogP contribution in [0, 0.1) is 0 Å². The van der Waals surface area contributed by atoms with Gasteiger partial charge in [0.05, 0.1) is 5.25 Å². The van der Waals surface area contributed by atoms with Gasteiger partial charge < -0.3 is 14.6 Å². The molecule has 0 saturated carbocycles. The van der Waals surface area contributed by atoms with E-state index in [2.05, 4.69) is 4.72 Å². The number of thiophene rings is 1. The van der Waals surface area contributed by atoms with E-state index in [1.165, 1.54) is 11.3 Å². The Hall–Kier alpha value is -2.53. The molecule has 0 spiro atoms. The molecule has 0 radical (unpaired) electrons. The Morgan fingerprint density at radius 1 is 1.19 bits per heavy atom. The minimum Gasteiger partial charge on any atom is -0.489 e. The summed E-state index contributed by atoms with van der Waals surface area (Å²) in [6.45, 7) is 0.648. The van der Waals surface area contributed by atoms with E-state index >= 15 is 0 Å². The van der Waals surface area contributed by atoms with Crippen molar-refractivity contribution in [2.45, 2.75) is 16.1 Å². The molecule has 1 aliphatic rings. The van der Waals surface area contributed by atoms with Crippen LogP contribution in [0.4, 0.5) is 4.79 Å². The zero-order chi connectivity index (χ0) is 21.8. The number of benzene rings is 2. The van der Waals surface area contributed by atoms with Crippen LogP contribution < -0.4 is 14.2 Å². The van der Waals surface area contributed by atoms with Gasteiger partial charge >= 0.3 is 6.16 Å². The first-order valence-corrected chi connectivity index (χ1v) is 12.8. The lowest BCUT2D eigenvalue weighted by atomic mass is 10.00. The van der Waals surface area contributed by atoms with Crippen molar-refractivity contribution in [2.24, 2.45) is 0 Å². The number of thioether (sulfide) groups is 1. The Morgan fingerprint density at radius 3 is 2.81 bits per heavy atom. The summed E-state index contributed by atoms with van der Waals surface area (Å²) < 4.78 is 38.4. The topological polar surface area (TPSA) is 102 Å². The van der Waals surface area contributed by atoms with Crippen LogP contribution in [-0.4, -0.2) is 32.0 Å². The van der Waals surface area contributed by atoms with E-state index in [1.54, 1.807) is 47.5 Å². The maximum atomic E-state index is 12.3. The van der Waals surface area contributed by atoms with Crippen molar-refractivity contribution in [1.29, 1.82) is 0 Å².